The summed E-state index contributed by atoms with van der Waals surface area (Å²) in [6.07, 6.45) is 0.743. The first-order chi connectivity index (χ1) is 10.5. The van der Waals surface area contributed by atoms with E-state index in [2.05, 4.69) is 34.7 Å². The van der Waals surface area contributed by atoms with Gasteiger partial charge in [-0.3, -0.25) is 4.99 Å². The Morgan fingerprint density at radius 2 is 2.00 bits per heavy atom. The van der Waals surface area contributed by atoms with Crippen molar-refractivity contribution >= 4 is 39.8 Å². The van der Waals surface area contributed by atoms with E-state index in [4.69, 9.17) is 0 Å². The molecule has 1 saturated heterocycles. The van der Waals surface area contributed by atoms with Crippen LogP contribution in [0.4, 0.5) is 0 Å². The van der Waals surface area contributed by atoms with Crippen LogP contribution in [0.2, 0.25) is 0 Å². The topological polar surface area (TPSA) is 70.6 Å². The van der Waals surface area contributed by atoms with Gasteiger partial charge < -0.3 is 10.6 Å². The molecule has 1 aliphatic rings. The smallest absolute Gasteiger partial charge is 0.191 e. The first-order valence-electron chi connectivity index (χ1n) is 7.70. The van der Waals surface area contributed by atoms with Gasteiger partial charge in [0.2, 0.25) is 0 Å². The van der Waals surface area contributed by atoms with Crippen molar-refractivity contribution in [2.45, 2.75) is 19.3 Å². The molecule has 1 heterocycles. The quantitative estimate of drug-likeness (QED) is 0.408. The van der Waals surface area contributed by atoms with Crippen molar-refractivity contribution in [3.8, 4) is 0 Å². The number of halogens is 1. The molecule has 130 valence electrons. The minimum Gasteiger partial charge on any atom is -0.356 e. The van der Waals surface area contributed by atoms with E-state index >= 15 is 0 Å². The predicted molar refractivity (Wildman–Crippen MR) is 106 cm³/mol. The van der Waals surface area contributed by atoms with Gasteiger partial charge in [-0.05, 0) is 23.8 Å². The van der Waals surface area contributed by atoms with E-state index in [-0.39, 0.29) is 35.6 Å². The largest absolute Gasteiger partial charge is 0.356 e. The fourth-order valence-corrected chi connectivity index (χ4v) is 4.51. The average Bonchev–Trinajstić information content (AvgIpc) is 2.87. The second kappa shape index (κ2) is 9.46. The highest BCUT2D eigenvalue weighted by Crippen LogP contribution is 2.17. The summed E-state index contributed by atoms with van der Waals surface area (Å²) in [5.74, 6) is 1.90. The van der Waals surface area contributed by atoms with Gasteiger partial charge in [0.05, 0.1) is 11.5 Å². The van der Waals surface area contributed by atoms with Gasteiger partial charge in [-0.1, -0.05) is 37.3 Å². The summed E-state index contributed by atoms with van der Waals surface area (Å²) < 4.78 is 22.9. The Kier molecular flexibility index (Phi) is 8.32. The molecule has 23 heavy (non-hydrogen) atoms. The Morgan fingerprint density at radius 3 is 2.57 bits per heavy atom. The maximum Gasteiger partial charge on any atom is 0.191 e. The molecule has 2 atom stereocenters. The fourth-order valence-electron chi connectivity index (χ4n) is 2.64. The summed E-state index contributed by atoms with van der Waals surface area (Å²) in [5, 5.41) is 6.53. The van der Waals surface area contributed by atoms with Gasteiger partial charge >= 0.3 is 0 Å². The third kappa shape index (κ3) is 6.66. The molecule has 1 aromatic rings. The Balaban J connectivity index is 0.00000264. The van der Waals surface area contributed by atoms with Gasteiger partial charge in [-0.15, -0.1) is 24.0 Å². The van der Waals surface area contributed by atoms with Crippen molar-refractivity contribution in [2.24, 2.45) is 10.9 Å². The van der Waals surface area contributed by atoms with Crippen LogP contribution in [0.15, 0.2) is 35.3 Å². The number of benzene rings is 1. The minimum atomic E-state index is -2.81. The number of hydrogen-bond donors (Lipinski definition) is 2. The summed E-state index contributed by atoms with van der Waals surface area (Å²) >= 11 is 0. The molecule has 0 bridgehead atoms. The summed E-state index contributed by atoms with van der Waals surface area (Å²) in [6, 6.07) is 10.3. The van der Waals surface area contributed by atoms with Gasteiger partial charge in [-0.25, -0.2) is 8.42 Å². The first kappa shape index (κ1) is 20.2. The van der Waals surface area contributed by atoms with Crippen LogP contribution >= 0.6 is 24.0 Å². The SMILES string of the molecule is CN=C(NCC1CCS(=O)(=O)C1)NCC(C)c1ccccc1.I. The molecule has 2 unspecified atom stereocenters. The van der Waals surface area contributed by atoms with Gasteiger partial charge in [-0.2, -0.15) is 0 Å². The van der Waals surface area contributed by atoms with Crippen LogP contribution in [-0.4, -0.2) is 46.0 Å². The van der Waals surface area contributed by atoms with Crippen LogP contribution in [0.3, 0.4) is 0 Å². The zero-order valence-electron chi connectivity index (χ0n) is 13.7. The lowest BCUT2D eigenvalue weighted by atomic mass is 10.0. The second-order valence-electron chi connectivity index (χ2n) is 5.91. The van der Waals surface area contributed by atoms with E-state index in [1.54, 1.807) is 7.05 Å². The zero-order chi connectivity index (χ0) is 16.0. The molecule has 0 spiro atoms. The summed E-state index contributed by atoms with van der Waals surface area (Å²) in [5.41, 5.74) is 1.28. The molecule has 0 radical (unpaired) electrons. The Labute approximate surface area is 156 Å². The number of hydrogen-bond acceptors (Lipinski definition) is 3. The third-order valence-electron chi connectivity index (χ3n) is 4.05. The van der Waals surface area contributed by atoms with E-state index < -0.39 is 9.84 Å². The maximum atomic E-state index is 11.5. The molecule has 7 heteroatoms. The molecule has 0 saturated carbocycles. The van der Waals surface area contributed by atoms with Crippen molar-refractivity contribution in [1.82, 2.24) is 10.6 Å². The second-order valence-corrected chi connectivity index (χ2v) is 8.14. The van der Waals surface area contributed by atoms with Crippen LogP contribution in [-0.2, 0) is 9.84 Å². The van der Waals surface area contributed by atoms with Gasteiger partial charge in [0, 0.05) is 20.1 Å². The van der Waals surface area contributed by atoms with E-state index in [9.17, 15) is 8.42 Å². The van der Waals surface area contributed by atoms with Crippen molar-refractivity contribution in [1.29, 1.82) is 0 Å². The standard InChI is InChI=1S/C16H25N3O2S.HI/c1-13(15-6-4-3-5-7-15)10-18-16(17-2)19-11-14-8-9-22(20,21)12-14;/h3-7,13-14H,8-12H2,1-2H3,(H2,17,18,19);1H. The molecule has 1 fully saturated rings. The Morgan fingerprint density at radius 1 is 1.30 bits per heavy atom. The molecular formula is C16H26IN3O2S. The highest BCUT2D eigenvalue weighted by atomic mass is 127. The molecule has 2 rings (SSSR count). The van der Waals surface area contributed by atoms with Gasteiger partial charge in [0.1, 0.15) is 0 Å². The lowest BCUT2D eigenvalue weighted by Gasteiger charge is -2.17. The van der Waals surface area contributed by atoms with Crippen molar-refractivity contribution in [2.75, 3.05) is 31.6 Å². The molecule has 5 nitrogen and oxygen atoms in total. The van der Waals surface area contributed by atoms with Crippen LogP contribution in [0.25, 0.3) is 0 Å². The lowest BCUT2D eigenvalue weighted by Crippen LogP contribution is -2.41. The summed E-state index contributed by atoms with van der Waals surface area (Å²) in [6.45, 7) is 3.60. The number of aliphatic imine (C=N–C) groups is 1. The summed E-state index contributed by atoms with van der Waals surface area (Å²) in [7, 11) is -1.08. The fraction of sp³-hybridized carbons (Fsp3) is 0.562. The van der Waals surface area contributed by atoms with Crippen molar-refractivity contribution in [3.05, 3.63) is 35.9 Å². The lowest BCUT2D eigenvalue weighted by molar-refractivity contribution is 0.565. The van der Waals surface area contributed by atoms with E-state index in [1.165, 1.54) is 5.56 Å². The first-order valence-corrected chi connectivity index (χ1v) is 9.52. The van der Waals surface area contributed by atoms with Crippen molar-refractivity contribution < 1.29 is 8.42 Å². The van der Waals surface area contributed by atoms with Gasteiger partial charge in [0.15, 0.2) is 15.8 Å². The molecule has 1 aromatic carbocycles. The predicted octanol–water partition coefficient (Wildman–Crippen LogP) is 2.01. The minimum absolute atomic E-state index is 0. The number of guanidine groups is 1. The maximum absolute atomic E-state index is 11.5. The molecule has 0 aromatic heterocycles. The highest BCUT2D eigenvalue weighted by molar-refractivity contribution is 14.0. The highest BCUT2D eigenvalue weighted by Gasteiger charge is 2.27. The molecule has 1 aliphatic heterocycles. The number of rotatable bonds is 5. The van der Waals surface area contributed by atoms with E-state index in [0.29, 0.717) is 18.2 Å². The van der Waals surface area contributed by atoms with Crippen LogP contribution < -0.4 is 10.6 Å². The molecular weight excluding hydrogens is 425 g/mol. The number of sulfone groups is 1. The molecule has 0 amide bonds. The number of nitrogens with one attached hydrogen (secondary N) is 2. The zero-order valence-corrected chi connectivity index (χ0v) is 16.8. The monoisotopic (exact) mass is 451 g/mol. The Bertz CT molecular complexity index is 605. The van der Waals surface area contributed by atoms with E-state index in [1.807, 2.05) is 18.2 Å². The summed E-state index contributed by atoms with van der Waals surface area (Å²) in [4.78, 5) is 4.20. The molecule has 0 aliphatic carbocycles. The van der Waals surface area contributed by atoms with Crippen LogP contribution in [0.1, 0.15) is 24.8 Å². The normalized spacial score (nSPS) is 21.3. The Hall–Kier alpha value is -0.830. The average molecular weight is 451 g/mol. The van der Waals surface area contributed by atoms with Gasteiger partial charge in [0.25, 0.3) is 0 Å². The van der Waals surface area contributed by atoms with Crippen molar-refractivity contribution in [3.63, 3.8) is 0 Å². The molecule has 2 N–H and O–H groups in total. The number of nitrogens with zero attached hydrogens (tertiary/aromatic N) is 1. The van der Waals surface area contributed by atoms with Crippen LogP contribution in [0.5, 0.6) is 0 Å². The van der Waals surface area contributed by atoms with Crippen LogP contribution in [0, 0.1) is 5.92 Å². The third-order valence-corrected chi connectivity index (χ3v) is 5.89. The van der Waals surface area contributed by atoms with E-state index in [0.717, 1.165) is 18.9 Å².